The quantitative estimate of drug-likeness (QED) is 0.662. The molecule has 0 aliphatic carbocycles. The average molecular weight is 330 g/mol. The van der Waals surface area contributed by atoms with Crippen LogP contribution in [0.2, 0.25) is 6.82 Å². The Labute approximate surface area is 142 Å². The highest BCUT2D eigenvalue weighted by Crippen LogP contribution is 2.48. The van der Waals surface area contributed by atoms with E-state index in [4.69, 9.17) is 4.74 Å². The van der Waals surface area contributed by atoms with Crippen LogP contribution >= 0.6 is 0 Å². The maximum Gasteiger partial charge on any atom is 0.376 e. The number of fused-ring (bicyclic) bond motifs is 2. The molecule has 2 aliphatic rings. The van der Waals surface area contributed by atoms with Crippen molar-refractivity contribution in [2.45, 2.75) is 38.0 Å². The molecular weight excluding hydrogens is 307 g/mol. The highest BCUT2D eigenvalue weighted by Gasteiger charge is 2.54. The van der Waals surface area contributed by atoms with Crippen molar-refractivity contribution >= 4 is 24.6 Å². The molecule has 24 heavy (non-hydrogen) atoms. The van der Waals surface area contributed by atoms with Crippen LogP contribution in [0.1, 0.15) is 25.3 Å². The number of rotatable bonds is 3. The van der Waals surface area contributed by atoms with Crippen LogP contribution < -0.4 is 4.90 Å². The maximum atomic E-state index is 13.3. The van der Waals surface area contributed by atoms with E-state index in [9.17, 15) is 14.6 Å². The third-order valence-corrected chi connectivity index (χ3v) is 5.42. The SMILES string of the molecule is COC(=O)C(C)N1C(=O)C2(CCN(B(C)O)CC2)c2ccccc21. The van der Waals surface area contributed by atoms with Gasteiger partial charge in [-0.25, -0.2) is 4.79 Å². The molecule has 128 valence electrons. The van der Waals surface area contributed by atoms with Gasteiger partial charge in [0.2, 0.25) is 5.91 Å². The van der Waals surface area contributed by atoms with Crippen molar-refractivity contribution < 1.29 is 19.3 Å². The number of nitrogens with zero attached hydrogens (tertiary/aromatic N) is 2. The number of piperidine rings is 1. The number of methoxy groups -OCH3 is 1. The van der Waals surface area contributed by atoms with E-state index in [-0.39, 0.29) is 5.91 Å². The van der Waals surface area contributed by atoms with E-state index in [2.05, 4.69) is 0 Å². The predicted octanol–water partition coefficient (Wildman–Crippen LogP) is 1.04. The number of carbonyl (C=O) groups excluding carboxylic acids is 2. The fourth-order valence-electron chi connectivity index (χ4n) is 3.97. The fraction of sp³-hybridized carbons (Fsp3) is 0.529. The smallest absolute Gasteiger partial charge is 0.376 e. The second kappa shape index (κ2) is 6.22. The molecule has 6 nitrogen and oxygen atoms in total. The number of amides is 1. The summed E-state index contributed by atoms with van der Waals surface area (Å²) in [5.74, 6) is -0.455. The number of anilines is 1. The molecule has 7 heteroatoms. The molecule has 1 amide bonds. The predicted molar refractivity (Wildman–Crippen MR) is 91.7 cm³/mol. The number of benzene rings is 1. The topological polar surface area (TPSA) is 70.1 Å². The van der Waals surface area contributed by atoms with Gasteiger partial charge in [0.25, 0.3) is 0 Å². The van der Waals surface area contributed by atoms with Crippen LogP contribution in [0.15, 0.2) is 24.3 Å². The zero-order valence-corrected chi connectivity index (χ0v) is 14.4. The Morgan fingerprint density at radius 3 is 2.54 bits per heavy atom. The second-order valence-corrected chi connectivity index (χ2v) is 6.64. The molecule has 1 aromatic carbocycles. The van der Waals surface area contributed by atoms with Crippen molar-refractivity contribution in [1.82, 2.24) is 4.81 Å². The molecule has 2 heterocycles. The first-order chi connectivity index (χ1) is 11.4. The summed E-state index contributed by atoms with van der Waals surface area (Å²) in [5.41, 5.74) is 1.17. The van der Waals surface area contributed by atoms with Gasteiger partial charge in [0, 0.05) is 5.69 Å². The zero-order chi connectivity index (χ0) is 17.5. The molecule has 1 spiro atoms. The largest absolute Gasteiger partial charge is 0.467 e. The molecule has 0 aromatic heterocycles. The number of carbonyl (C=O) groups is 2. The molecule has 0 bridgehead atoms. The summed E-state index contributed by atoms with van der Waals surface area (Å²) in [5, 5.41) is 9.78. The number of para-hydroxylation sites is 1. The van der Waals surface area contributed by atoms with E-state index in [1.165, 1.54) is 7.11 Å². The minimum Gasteiger partial charge on any atom is -0.467 e. The van der Waals surface area contributed by atoms with Crippen molar-refractivity contribution in [3.63, 3.8) is 0 Å². The molecule has 3 rings (SSSR count). The first-order valence-electron chi connectivity index (χ1n) is 8.35. The Morgan fingerprint density at radius 2 is 1.96 bits per heavy atom. The summed E-state index contributed by atoms with van der Waals surface area (Å²) in [6, 6.07) is 7.03. The van der Waals surface area contributed by atoms with Gasteiger partial charge in [-0.05, 0) is 51.3 Å². The molecule has 0 radical (unpaired) electrons. The van der Waals surface area contributed by atoms with Crippen molar-refractivity contribution in [2.75, 3.05) is 25.1 Å². The first-order valence-corrected chi connectivity index (χ1v) is 8.35. The van der Waals surface area contributed by atoms with Crippen molar-refractivity contribution in [2.24, 2.45) is 0 Å². The molecule has 1 atom stereocenters. The molecule has 1 N–H and O–H groups in total. The number of ether oxygens (including phenoxy) is 1. The maximum absolute atomic E-state index is 13.3. The Morgan fingerprint density at radius 1 is 1.33 bits per heavy atom. The Hall–Kier alpha value is -1.86. The Bertz CT molecular complexity index is 656. The zero-order valence-electron chi connectivity index (χ0n) is 14.4. The van der Waals surface area contributed by atoms with Crippen LogP contribution in [0.25, 0.3) is 0 Å². The number of esters is 1. The number of hydrogen-bond donors (Lipinski definition) is 1. The van der Waals surface area contributed by atoms with Crippen LogP contribution in [-0.4, -0.2) is 55.0 Å². The number of hydrogen-bond acceptors (Lipinski definition) is 5. The lowest BCUT2D eigenvalue weighted by Gasteiger charge is -2.39. The highest BCUT2D eigenvalue weighted by molar-refractivity contribution is 6.45. The van der Waals surface area contributed by atoms with Gasteiger partial charge in [0.1, 0.15) is 6.04 Å². The van der Waals surface area contributed by atoms with E-state index >= 15 is 0 Å². The summed E-state index contributed by atoms with van der Waals surface area (Å²) < 4.78 is 4.84. The van der Waals surface area contributed by atoms with Gasteiger partial charge >= 0.3 is 13.0 Å². The normalized spacial score (nSPS) is 20.8. The second-order valence-electron chi connectivity index (χ2n) is 6.64. The van der Waals surface area contributed by atoms with E-state index < -0.39 is 24.5 Å². The van der Waals surface area contributed by atoms with E-state index in [0.29, 0.717) is 25.9 Å². The van der Waals surface area contributed by atoms with Gasteiger partial charge < -0.3 is 14.6 Å². The van der Waals surface area contributed by atoms with Gasteiger partial charge in [0.05, 0.1) is 12.5 Å². The van der Waals surface area contributed by atoms with Crippen LogP contribution in [0.5, 0.6) is 0 Å². The standard InChI is InChI=1S/C17H23BN2O4/c1-12(15(21)24-3)20-14-7-5-4-6-13(14)17(16(20)22)8-10-19(11-9-17)18(2)23/h4-7,12,23H,8-11H2,1-3H3. The molecule has 0 saturated carbocycles. The minimum absolute atomic E-state index is 0.0353. The molecule has 1 aromatic rings. The van der Waals surface area contributed by atoms with Crippen LogP contribution in [0.4, 0.5) is 5.69 Å². The summed E-state index contributed by atoms with van der Waals surface area (Å²) in [4.78, 5) is 28.9. The van der Waals surface area contributed by atoms with E-state index in [1.807, 2.05) is 29.1 Å². The lowest BCUT2D eigenvalue weighted by Crippen LogP contribution is -2.53. The van der Waals surface area contributed by atoms with Crippen LogP contribution in [-0.2, 0) is 19.7 Å². The molecule has 2 aliphatic heterocycles. The van der Waals surface area contributed by atoms with Gasteiger partial charge in [-0.1, -0.05) is 18.2 Å². The van der Waals surface area contributed by atoms with Gasteiger partial charge in [0.15, 0.2) is 0 Å². The lowest BCUT2D eigenvalue weighted by molar-refractivity contribution is -0.143. The monoisotopic (exact) mass is 330 g/mol. The minimum atomic E-state index is -0.655. The van der Waals surface area contributed by atoms with Crippen molar-refractivity contribution in [3.8, 4) is 0 Å². The summed E-state index contributed by atoms with van der Waals surface area (Å²) in [6.07, 6.45) is 1.27. The Kier molecular flexibility index (Phi) is 4.40. The lowest BCUT2D eigenvalue weighted by atomic mass is 9.70. The van der Waals surface area contributed by atoms with Gasteiger partial charge in [-0.2, -0.15) is 0 Å². The average Bonchev–Trinajstić information content (AvgIpc) is 2.83. The van der Waals surface area contributed by atoms with Crippen molar-refractivity contribution in [1.29, 1.82) is 0 Å². The van der Waals surface area contributed by atoms with Gasteiger partial charge in [-0.3, -0.25) is 9.69 Å². The van der Waals surface area contributed by atoms with Gasteiger partial charge in [-0.15, -0.1) is 0 Å². The van der Waals surface area contributed by atoms with E-state index in [0.717, 1.165) is 11.3 Å². The molecule has 1 unspecified atom stereocenters. The summed E-state index contributed by atoms with van der Waals surface area (Å²) in [7, 11) is 0.821. The summed E-state index contributed by atoms with van der Waals surface area (Å²) in [6.45, 7) is 4.74. The third kappa shape index (κ3) is 2.43. The van der Waals surface area contributed by atoms with Crippen LogP contribution in [0.3, 0.4) is 0 Å². The highest BCUT2D eigenvalue weighted by atomic mass is 16.5. The fourth-order valence-corrected chi connectivity index (χ4v) is 3.97. The summed E-state index contributed by atoms with van der Waals surface area (Å²) >= 11 is 0. The first kappa shape index (κ1) is 17.0. The molecular formula is C17H23BN2O4. The third-order valence-electron chi connectivity index (χ3n) is 5.42. The Balaban J connectivity index is 1.98. The molecule has 1 saturated heterocycles. The molecule has 1 fully saturated rings. The van der Waals surface area contributed by atoms with Crippen molar-refractivity contribution in [3.05, 3.63) is 29.8 Å². The van der Waals surface area contributed by atoms with Crippen LogP contribution in [0, 0.1) is 0 Å². The van der Waals surface area contributed by atoms with E-state index in [1.54, 1.807) is 18.6 Å².